The fourth-order valence-corrected chi connectivity index (χ4v) is 3.98. The molecule has 8 heteroatoms. The second-order valence-corrected chi connectivity index (χ2v) is 7.58. The Balaban J connectivity index is 0.00000338. The van der Waals surface area contributed by atoms with Gasteiger partial charge in [0, 0.05) is 30.0 Å². The number of anilines is 2. The lowest BCUT2D eigenvalue weighted by molar-refractivity contribution is 0.102. The minimum Gasteiger partial charge on any atom is -0.399 e. The summed E-state index contributed by atoms with van der Waals surface area (Å²) in [6.07, 6.45) is 0. The minimum atomic E-state index is -3.61. The maximum absolute atomic E-state index is 12.6. The molecule has 0 aromatic heterocycles. The summed E-state index contributed by atoms with van der Waals surface area (Å²) in [5.41, 5.74) is 8.03. The largest absolute Gasteiger partial charge is 0.399 e. The maximum Gasteiger partial charge on any atom is 0.255 e. The van der Waals surface area contributed by atoms with Gasteiger partial charge in [-0.15, -0.1) is 12.4 Å². The van der Waals surface area contributed by atoms with Crippen LogP contribution in [0.3, 0.4) is 0 Å². The van der Waals surface area contributed by atoms with Gasteiger partial charge in [-0.3, -0.25) is 4.79 Å². The molecular weight excluding hydrogens is 374 g/mol. The van der Waals surface area contributed by atoms with Crippen molar-refractivity contribution in [1.82, 2.24) is 4.31 Å². The predicted molar refractivity (Wildman–Crippen MR) is 107 cm³/mol. The third kappa shape index (κ3) is 4.75. The van der Waals surface area contributed by atoms with E-state index in [2.05, 4.69) is 5.32 Å². The van der Waals surface area contributed by atoms with Crippen molar-refractivity contribution < 1.29 is 13.2 Å². The van der Waals surface area contributed by atoms with E-state index >= 15 is 0 Å². The van der Waals surface area contributed by atoms with Gasteiger partial charge in [0.1, 0.15) is 0 Å². The molecule has 0 spiro atoms. The van der Waals surface area contributed by atoms with Crippen molar-refractivity contribution in [1.29, 1.82) is 0 Å². The highest BCUT2D eigenvalue weighted by molar-refractivity contribution is 7.89. The molecule has 0 fully saturated rings. The molecule has 0 saturated heterocycles. The number of nitrogen functional groups attached to an aromatic ring is 1. The quantitative estimate of drug-likeness (QED) is 0.731. The lowest BCUT2D eigenvalue weighted by Crippen LogP contribution is -2.30. The Morgan fingerprint density at radius 3 is 2.38 bits per heavy atom. The molecule has 2 rings (SSSR count). The summed E-state index contributed by atoms with van der Waals surface area (Å²) < 4.78 is 26.6. The van der Waals surface area contributed by atoms with Crippen LogP contribution in [-0.2, 0) is 10.0 Å². The average molecular weight is 398 g/mol. The van der Waals surface area contributed by atoms with Gasteiger partial charge in [-0.1, -0.05) is 26.0 Å². The van der Waals surface area contributed by atoms with Gasteiger partial charge in [0.2, 0.25) is 10.0 Å². The minimum absolute atomic E-state index is 0. The van der Waals surface area contributed by atoms with E-state index in [-0.39, 0.29) is 28.8 Å². The molecule has 2 aromatic carbocycles. The Kier molecular flexibility index (Phi) is 7.62. The van der Waals surface area contributed by atoms with Crippen molar-refractivity contribution in [3.05, 3.63) is 53.6 Å². The number of aryl methyl sites for hydroxylation is 1. The number of sulfonamides is 1. The highest BCUT2D eigenvalue weighted by Gasteiger charge is 2.22. The molecule has 0 atom stereocenters. The molecule has 142 valence electrons. The van der Waals surface area contributed by atoms with Crippen LogP contribution in [0.15, 0.2) is 47.4 Å². The first-order valence-electron chi connectivity index (χ1n) is 8.07. The molecule has 0 aliphatic carbocycles. The number of benzene rings is 2. The summed E-state index contributed by atoms with van der Waals surface area (Å²) in [6, 6.07) is 11.3. The number of carbonyl (C=O) groups excluding carboxylic acids is 1. The van der Waals surface area contributed by atoms with Crippen molar-refractivity contribution in [2.24, 2.45) is 0 Å². The number of hydrogen-bond acceptors (Lipinski definition) is 4. The molecule has 0 aliphatic heterocycles. The smallest absolute Gasteiger partial charge is 0.255 e. The SMILES string of the molecule is CCN(CC)S(=O)(=O)c1cccc(C(=O)Nc2cc(N)ccc2C)c1.Cl. The number of hydrogen-bond donors (Lipinski definition) is 2. The van der Waals surface area contributed by atoms with Crippen molar-refractivity contribution in [2.75, 3.05) is 24.1 Å². The molecular formula is C18H24ClN3O3S. The first kappa shape index (κ1) is 22.0. The van der Waals surface area contributed by atoms with Crippen LogP contribution < -0.4 is 11.1 Å². The summed E-state index contributed by atoms with van der Waals surface area (Å²) >= 11 is 0. The number of nitrogens with zero attached hydrogens (tertiary/aromatic N) is 1. The molecule has 0 heterocycles. The van der Waals surface area contributed by atoms with Crippen molar-refractivity contribution in [3.63, 3.8) is 0 Å². The number of nitrogens with one attached hydrogen (secondary N) is 1. The zero-order valence-electron chi connectivity index (χ0n) is 15.0. The molecule has 6 nitrogen and oxygen atoms in total. The predicted octanol–water partition coefficient (Wildman–Crippen LogP) is 3.28. The van der Waals surface area contributed by atoms with E-state index in [0.717, 1.165) is 5.56 Å². The fourth-order valence-electron chi connectivity index (χ4n) is 2.48. The molecule has 0 aliphatic rings. The number of halogens is 1. The zero-order valence-corrected chi connectivity index (χ0v) is 16.7. The Labute approximate surface area is 160 Å². The molecule has 0 unspecified atom stereocenters. The molecule has 0 bridgehead atoms. The van der Waals surface area contributed by atoms with Crippen molar-refractivity contribution in [3.8, 4) is 0 Å². The molecule has 0 radical (unpaired) electrons. The van der Waals surface area contributed by atoms with Crippen LogP contribution in [0.1, 0.15) is 29.8 Å². The Bertz CT molecular complexity index is 881. The van der Waals surface area contributed by atoms with Gasteiger partial charge in [0.15, 0.2) is 0 Å². The van der Waals surface area contributed by atoms with Gasteiger partial charge >= 0.3 is 0 Å². The second-order valence-electron chi connectivity index (χ2n) is 5.65. The van der Waals surface area contributed by atoms with Crippen LogP contribution in [0.25, 0.3) is 0 Å². The third-order valence-electron chi connectivity index (χ3n) is 3.95. The van der Waals surface area contributed by atoms with E-state index in [0.29, 0.717) is 24.5 Å². The summed E-state index contributed by atoms with van der Waals surface area (Å²) in [6.45, 7) is 6.16. The highest BCUT2D eigenvalue weighted by atomic mass is 35.5. The third-order valence-corrected chi connectivity index (χ3v) is 6.00. The van der Waals surface area contributed by atoms with Crippen molar-refractivity contribution in [2.45, 2.75) is 25.7 Å². The van der Waals surface area contributed by atoms with Crippen LogP contribution in [0.2, 0.25) is 0 Å². The number of amides is 1. The molecule has 3 N–H and O–H groups in total. The van der Waals surface area contributed by atoms with E-state index < -0.39 is 10.0 Å². The van der Waals surface area contributed by atoms with Gasteiger partial charge in [0.25, 0.3) is 5.91 Å². The van der Waals surface area contributed by atoms with E-state index in [1.807, 2.05) is 13.0 Å². The summed E-state index contributed by atoms with van der Waals surface area (Å²) in [4.78, 5) is 12.6. The maximum atomic E-state index is 12.6. The van der Waals surface area contributed by atoms with E-state index in [1.165, 1.54) is 16.4 Å². The number of carbonyl (C=O) groups is 1. The van der Waals surface area contributed by atoms with Crippen molar-refractivity contribution >= 4 is 39.7 Å². The summed E-state index contributed by atoms with van der Waals surface area (Å²) in [5.74, 6) is -0.384. The summed E-state index contributed by atoms with van der Waals surface area (Å²) in [7, 11) is -3.61. The van der Waals surface area contributed by atoms with E-state index in [1.54, 1.807) is 38.1 Å². The summed E-state index contributed by atoms with van der Waals surface area (Å²) in [5, 5.41) is 2.78. The highest BCUT2D eigenvalue weighted by Crippen LogP contribution is 2.21. The standard InChI is InChI=1S/C18H23N3O3S.ClH/c1-4-21(5-2)25(23,24)16-8-6-7-14(11-16)18(22)20-17-12-15(19)10-9-13(17)3;/h6-12H,4-5,19H2,1-3H3,(H,20,22);1H. The van der Waals surface area contributed by atoms with Gasteiger partial charge in [-0.05, 0) is 42.8 Å². The normalized spacial score (nSPS) is 11.1. The lowest BCUT2D eigenvalue weighted by Gasteiger charge is -2.18. The Morgan fingerprint density at radius 2 is 1.77 bits per heavy atom. The van der Waals surface area contributed by atoms with Crippen LogP contribution in [-0.4, -0.2) is 31.7 Å². The van der Waals surface area contributed by atoms with Crippen LogP contribution in [0, 0.1) is 6.92 Å². The van der Waals surface area contributed by atoms with Gasteiger partial charge in [-0.25, -0.2) is 8.42 Å². The Hall–Kier alpha value is -2.09. The lowest BCUT2D eigenvalue weighted by atomic mass is 10.1. The Morgan fingerprint density at radius 1 is 1.12 bits per heavy atom. The van der Waals surface area contributed by atoms with Crippen LogP contribution >= 0.6 is 12.4 Å². The van der Waals surface area contributed by atoms with Gasteiger partial charge < -0.3 is 11.1 Å². The van der Waals surface area contributed by atoms with E-state index in [9.17, 15) is 13.2 Å². The van der Waals surface area contributed by atoms with E-state index in [4.69, 9.17) is 5.73 Å². The first-order chi connectivity index (χ1) is 11.8. The molecule has 1 amide bonds. The fraction of sp³-hybridized carbons (Fsp3) is 0.278. The molecule has 26 heavy (non-hydrogen) atoms. The average Bonchev–Trinajstić information content (AvgIpc) is 2.59. The van der Waals surface area contributed by atoms with Gasteiger partial charge in [0.05, 0.1) is 4.90 Å². The van der Waals surface area contributed by atoms with Crippen LogP contribution in [0.5, 0.6) is 0 Å². The topological polar surface area (TPSA) is 92.5 Å². The van der Waals surface area contributed by atoms with Crippen LogP contribution in [0.4, 0.5) is 11.4 Å². The number of rotatable bonds is 6. The monoisotopic (exact) mass is 397 g/mol. The molecule has 0 saturated carbocycles. The first-order valence-corrected chi connectivity index (χ1v) is 9.51. The molecule has 2 aromatic rings. The second kappa shape index (κ2) is 9.02. The zero-order chi connectivity index (χ0) is 18.6. The van der Waals surface area contributed by atoms with Gasteiger partial charge in [-0.2, -0.15) is 4.31 Å². The number of nitrogens with two attached hydrogens (primary N) is 1.